The molecule has 62 valence electrons. The van der Waals surface area contributed by atoms with Crippen molar-refractivity contribution in [2.45, 2.75) is 45.3 Å². The van der Waals surface area contributed by atoms with Crippen molar-refractivity contribution < 1.29 is 9.53 Å². The van der Waals surface area contributed by atoms with E-state index in [-0.39, 0.29) is 11.5 Å². The molecular weight excluding hydrogens is 140 g/mol. The van der Waals surface area contributed by atoms with Gasteiger partial charge in [0, 0.05) is 6.42 Å². The first kappa shape index (κ1) is 7.29. The van der Waals surface area contributed by atoms with E-state index in [0.717, 1.165) is 6.42 Å². The molecule has 1 saturated carbocycles. The third-order valence-electron chi connectivity index (χ3n) is 3.07. The Morgan fingerprint density at radius 1 is 1.45 bits per heavy atom. The van der Waals surface area contributed by atoms with Gasteiger partial charge in [-0.05, 0) is 18.8 Å². The Labute approximate surface area is 66.9 Å². The average molecular weight is 154 g/mol. The summed E-state index contributed by atoms with van der Waals surface area (Å²) in [6.07, 6.45) is 1.86. The molecule has 0 N–H and O–H groups in total. The lowest BCUT2D eigenvalue weighted by Gasteiger charge is -2.27. The monoisotopic (exact) mass is 154 g/mol. The molecule has 0 bridgehead atoms. The molecule has 2 rings (SSSR count). The zero-order valence-corrected chi connectivity index (χ0v) is 7.31. The standard InChI is InChI=1S/C9H14O2/c1-8(2)5-4-6(10)9(3)7(8)11-9/h7H,4-5H2,1-3H3. The van der Waals surface area contributed by atoms with E-state index in [2.05, 4.69) is 13.8 Å². The Balaban J connectivity index is 2.26. The van der Waals surface area contributed by atoms with E-state index in [1.807, 2.05) is 6.92 Å². The maximum Gasteiger partial charge on any atom is 0.167 e. The molecule has 2 fully saturated rings. The van der Waals surface area contributed by atoms with Gasteiger partial charge in [-0.1, -0.05) is 13.8 Å². The Morgan fingerprint density at radius 2 is 2.09 bits per heavy atom. The van der Waals surface area contributed by atoms with Gasteiger partial charge in [-0.3, -0.25) is 4.79 Å². The number of Topliss-reactive ketones (excluding diaryl/α,β-unsaturated/α-hetero) is 1. The van der Waals surface area contributed by atoms with Crippen molar-refractivity contribution in [3.8, 4) is 0 Å². The normalized spacial score (nSPS) is 46.8. The summed E-state index contributed by atoms with van der Waals surface area (Å²) in [6, 6.07) is 0. The van der Waals surface area contributed by atoms with Crippen LogP contribution in [-0.4, -0.2) is 17.5 Å². The van der Waals surface area contributed by atoms with Crippen molar-refractivity contribution in [3.05, 3.63) is 0 Å². The molecule has 2 heteroatoms. The van der Waals surface area contributed by atoms with Gasteiger partial charge in [0.05, 0.1) is 6.10 Å². The number of ether oxygens (including phenoxy) is 1. The number of rotatable bonds is 0. The van der Waals surface area contributed by atoms with Crippen molar-refractivity contribution in [1.82, 2.24) is 0 Å². The van der Waals surface area contributed by atoms with E-state index < -0.39 is 5.60 Å². The minimum Gasteiger partial charge on any atom is -0.357 e. The fourth-order valence-corrected chi connectivity index (χ4v) is 2.14. The van der Waals surface area contributed by atoms with E-state index in [1.165, 1.54) is 0 Å². The smallest absolute Gasteiger partial charge is 0.167 e. The first-order chi connectivity index (χ1) is 4.97. The Kier molecular flexibility index (Phi) is 1.12. The van der Waals surface area contributed by atoms with Crippen molar-refractivity contribution in [3.63, 3.8) is 0 Å². The first-order valence-corrected chi connectivity index (χ1v) is 4.18. The fraction of sp³-hybridized carbons (Fsp3) is 0.889. The molecule has 0 radical (unpaired) electrons. The highest BCUT2D eigenvalue weighted by Gasteiger charge is 2.66. The highest BCUT2D eigenvalue weighted by Crippen LogP contribution is 2.54. The molecule has 2 atom stereocenters. The lowest BCUT2D eigenvalue weighted by Crippen LogP contribution is -2.37. The largest absolute Gasteiger partial charge is 0.357 e. The second-order valence-electron chi connectivity index (χ2n) is 4.52. The molecule has 0 spiro atoms. The number of hydrogen-bond donors (Lipinski definition) is 0. The van der Waals surface area contributed by atoms with Gasteiger partial charge in [0.1, 0.15) is 0 Å². The summed E-state index contributed by atoms with van der Waals surface area (Å²) in [7, 11) is 0. The van der Waals surface area contributed by atoms with Gasteiger partial charge in [0.2, 0.25) is 0 Å². The van der Waals surface area contributed by atoms with Crippen LogP contribution in [0, 0.1) is 5.41 Å². The van der Waals surface area contributed by atoms with Gasteiger partial charge < -0.3 is 4.74 Å². The maximum atomic E-state index is 11.3. The Hall–Kier alpha value is -0.370. The van der Waals surface area contributed by atoms with Crippen LogP contribution in [-0.2, 0) is 9.53 Å². The van der Waals surface area contributed by atoms with Gasteiger partial charge in [-0.25, -0.2) is 0 Å². The predicted octanol–water partition coefficient (Wildman–Crippen LogP) is 1.53. The zero-order chi connectivity index (χ0) is 8.28. The molecular formula is C9H14O2. The third-order valence-corrected chi connectivity index (χ3v) is 3.07. The molecule has 1 heterocycles. The molecule has 2 unspecified atom stereocenters. The quantitative estimate of drug-likeness (QED) is 0.495. The van der Waals surface area contributed by atoms with Gasteiger partial charge >= 0.3 is 0 Å². The summed E-state index contributed by atoms with van der Waals surface area (Å²) in [6.45, 7) is 6.27. The second-order valence-corrected chi connectivity index (χ2v) is 4.52. The number of epoxide rings is 1. The number of hydrogen-bond acceptors (Lipinski definition) is 2. The van der Waals surface area contributed by atoms with Crippen LogP contribution in [0.1, 0.15) is 33.6 Å². The average Bonchev–Trinajstić information content (AvgIpc) is 2.58. The molecule has 0 amide bonds. The number of carbonyl (C=O) groups is 1. The number of carbonyl (C=O) groups excluding carboxylic acids is 1. The highest BCUT2D eigenvalue weighted by molar-refractivity contribution is 5.91. The van der Waals surface area contributed by atoms with E-state index in [9.17, 15) is 4.79 Å². The van der Waals surface area contributed by atoms with Gasteiger partial charge in [-0.2, -0.15) is 0 Å². The Morgan fingerprint density at radius 3 is 2.64 bits per heavy atom. The zero-order valence-electron chi connectivity index (χ0n) is 7.31. The van der Waals surface area contributed by atoms with Crippen molar-refractivity contribution in [1.29, 1.82) is 0 Å². The van der Waals surface area contributed by atoms with Crippen LogP contribution in [0.3, 0.4) is 0 Å². The minimum atomic E-state index is -0.401. The molecule has 11 heavy (non-hydrogen) atoms. The van der Waals surface area contributed by atoms with Gasteiger partial charge in [0.25, 0.3) is 0 Å². The topological polar surface area (TPSA) is 29.6 Å². The fourth-order valence-electron chi connectivity index (χ4n) is 2.14. The molecule has 0 aromatic heterocycles. The van der Waals surface area contributed by atoms with Crippen molar-refractivity contribution >= 4 is 5.78 Å². The van der Waals surface area contributed by atoms with E-state index in [0.29, 0.717) is 12.2 Å². The van der Waals surface area contributed by atoms with Crippen LogP contribution in [0.15, 0.2) is 0 Å². The molecule has 2 nitrogen and oxygen atoms in total. The number of fused-ring (bicyclic) bond motifs is 1. The third kappa shape index (κ3) is 0.791. The van der Waals surface area contributed by atoms with Crippen LogP contribution in [0.25, 0.3) is 0 Å². The maximum absolute atomic E-state index is 11.3. The van der Waals surface area contributed by atoms with Crippen LogP contribution < -0.4 is 0 Å². The van der Waals surface area contributed by atoms with Gasteiger partial charge in [-0.15, -0.1) is 0 Å². The van der Waals surface area contributed by atoms with Crippen molar-refractivity contribution in [2.24, 2.45) is 5.41 Å². The predicted molar refractivity (Wildman–Crippen MR) is 41.3 cm³/mol. The van der Waals surface area contributed by atoms with Crippen LogP contribution in [0.2, 0.25) is 0 Å². The molecule has 2 aliphatic rings. The van der Waals surface area contributed by atoms with E-state index >= 15 is 0 Å². The van der Waals surface area contributed by atoms with E-state index in [4.69, 9.17) is 4.74 Å². The SMILES string of the molecule is CC1(C)CCC(=O)C2(C)OC12. The molecule has 0 aromatic carbocycles. The summed E-state index contributed by atoms with van der Waals surface area (Å²) in [5.41, 5.74) is -0.190. The summed E-state index contributed by atoms with van der Waals surface area (Å²) >= 11 is 0. The summed E-state index contributed by atoms with van der Waals surface area (Å²) in [5.74, 6) is 0.293. The number of ketones is 1. The van der Waals surface area contributed by atoms with Crippen LogP contribution >= 0.6 is 0 Å². The molecule has 1 aliphatic carbocycles. The van der Waals surface area contributed by atoms with Crippen LogP contribution in [0.4, 0.5) is 0 Å². The van der Waals surface area contributed by atoms with Crippen LogP contribution in [0.5, 0.6) is 0 Å². The lowest BCUT2D eigenvalue weighted by molar-refractivity contribution is -0.124. The van der Waals surface area contributed by atoms with Crippen molar-refractivity contribution in [2.75, 3.05) is 0 Å². The molecule has 1 saturated heterocycles. The summed E-state index contributed by atoms with van der Waals surface area (Å²) < 4.78 is 5.44. The first-order valence-electron chi connectivity index (χ1n) is 4.18. The van der Waals surface area contributed by atoms with Gasteiger partial charge in [0.15, 0.2) is 11.4 Å². The second kappa shape index (κ2) is 1.69. The minimum absolute atomic E-state index is 0.191. The van der Waals surface area contributed by atoms with E-state index in [1.54, 1.807) is 0 Å². The molecule has 1 aliphatic heterocycles. The lowest BCUT2D eigenvalue weighted by atomic mass is 9.72. The molecule has 0 aromatic rings. The Bertz CT molecular complexity index is 220. The highest BCUT2D eigenvalue weighted by atomic mass is 16.6. The summed E-state index contributed by atoms with van der Waals surface area (Å²) in [4.78, 5) is 11.3. The summed E-state index contributed by atoms with van der Waals surface area (Å²) in [5, 5.41) is 0.